The summed E-state index contributed by atoms with van der Waals surface area (Å²) in [6.07, 6.45) is 5.17. The summed E-state index contributed by atoms with van der Waals surface area (Å²) >= 11 is 0. The second kappa shape index (κ2) is 5.48. The Morgan fingerprint density at radius 2 is 2.38 bits per heavy atom. The Balaban J connectivity index is 2.37. The lowest BCUT2D eigenvalue weighted by Gasteiger charge is -2.02. The van der Waals surface area contributed by atoms with Crippen LogP contribution in [0.5, 0.6) is 0 Å². The van der Waals surface area contributed by atoms with Gasteiger partial charge in [0.15, 0.2) is 0 Å². The Morgan fingerprint density at radius 1 is 1.54 bits per heavy atom. The molecule has 0 bridgehead atoms. The third-order valence-electron chi connectivity index (χ3n) is 1.78. The van der Waals surface area contributed by atoms with Gasteiger partial charge in [-0.15, -0.1) is 0 Å². The number of ether oxygens (including phenoxy) is 1. The van der Waals surface area contributed by atoms with Crippen molar-refractivity contribution in [1.82, 2.24) is 9.55 Å². The Bertz CT molecular complexity index is 296. The summed E-state index contributed by atoms with van der Waals surface area (Å²) in [6, 6.07) is 1.76. The van der Waals surface area contributed by atoms with Crippen molar-refractivity contribution in [3.05, 3.63) is 28.9 Å². The maximum Gasteiger partial charge on any atom is 0.347 e. The van der Waals surface area contributed by atoms with Gasteiger partial charge in [-0.1, -0.05) is 0 Å². The van der Waals surface area contributed by atoms with E-state index in [1.54, 1.807) is 23.9 Å². The summed E-state index contributed by atoms with van der Waals surface area (Å²) in [4.78, 5) is 14.8. The lowest BCUT2D eigenvalue weighted by Crippen LogP contribution is -2.21. The molecule has 13 heavy (non-hydrogen) atoms. The quantitative estimate of drug-likeness (QED) is 0.629. The maximum atomic E-state index is 11.1. The summed E-state index contributed by atoms with van der Waals surface area (Å²) in [7, 11) is 1.68. The van der Waals surface area contributed by atoms with Gasteiger partial charge in [0.1, 0.15) is 0 Å². The van der Waals surface area contributed by atoms with Crippen LogP contribution in [0.25, 0.3) is 0 Å². The molecule has 72 valence electrons. The highest BCUT2D eigenvalue weighted by Crippen LogP contribution is 1.92. The molecular weight excluding hydrogens is 168 g/mol. The summed E-state index contributed by atoms with van der Waals surface area (Å²) in [5.41, 5.74) is -0.181. The summed E-state index contributed by atoms with van der Waals surface area (Å²) in [5, 5.41) is 0. The summed E-state index contributed by atoms with van der Waals surface area (Å²) < 4.78 is 6.51. The number of nitrogens with zero attached hydrogens (tertiary/aromatic N) is 2. The molecule has 0 aliphatic rings. The van der Waals surface area contributed by atoms with Crippen molar-refractivity contribution in [1.29, 1.82) is 0 Å². The zero-order valence-corrected chi connectivity index (χ0v) is 7.77. The smallest absolute Gasteiger partial charge is 0.347 e. The highest BCUT2D eigenvalue weighted by Gasteiger charge is 1.93. The monoisotopic (exact) mass is 182 g/mol. The molecule has 0 unspecified atom stereocenters. The van der Waals surface area contributed by atoms with Gasteiger partial charge in [-0.3, -0.25) is 4.57 Å². The molecule has 0 aromatic carbocycles. The number of rotatable bonds is 5. The van der Waals surface area contributed by atoms with E-state index in [1.165, 1.54) is 6.20 Å². The topological polar surface area (TPSA) is 44.1 Å². The minimum absolute atomic E-state index is 0.181. The van der Waals surface area contributed by atoms with Crippen LogP contribution in [-0.4, -0.2) is 23.3 Å². The molecule has 0 radical (unpaired) electrons. The molecule has 1 aromatic heterocycles. The first-order valence-electron chi connectivity index (χ1n) is 4.35. The average molecular weight is 182 g/mol. The van der Waals surface area contributed by atoms with E-state index in [-0.39, 0.29) is 5.69 Å². The van der Waals surface area contributed by atoms with Crippen molar-refractivity contribution >= 4 is 0 Å². The van der Waals surface area contributed by atoms with Crippen molar-refractivity contribution in [2.45, 2.75) is 19.4 Å². The predicted molar refractivity (Wildman–Crippen MR) is 49.6 cm³/mol. The number of hydrogen-bond donors (Lipinski definition) is 0. The number of aryl methyl sites for hydroxylation is 1. The zero-order chi connectivity index (χ0) is 9.52. The molecular formula is C9H14N2O2. The van der Waals surface area contributed by atoms with Crippen LogP contribution in [0.2, 0.25) is 0 Å². The molecule has 4 heteroatoms. The second-order valence-electron chi connectivity index (χ2n) is 2.80. The average Bonchev–Trinajstić information content (AvgIpc) is 2.15. The Morgan fingerprint density at radius 3 is 3.08 bits per heavy atom. The molecule has 0 saturated heterocycles. The van der Waals surface area contributed by atoms with Gasteiger partial charge in [-0.05, 0) is 18.9 Å². The van der Waals surface area contributed by atoms with Crippen molar-refractivity contribution in [2.75, 3.05) is 13.7 Å². The molecule has 0 atom stereocenters. The Hall–Kier alpha value is -1.16. The van der Waals surface area contributed by atoms with E-state index < -0.39 is 0 Å². The lowest BCUT2D eigenvalue weighted by molar-refractivity contribution is 0.191. The summed E-state index contributed by atoms with van der Waals surface area (Å²) in [6.45, 7) is 1.46. The SMILES string of the molecule is COCCCCn1cccnc1=O. The second-order valence-corrected chi connectivity index (χ2v) is 2.80. The number of aromatic nitrogens is 2. The van der Waals surface area contributed by atoms with Gasteiger partial charge in [-0.2, -0.15) is 0 Å². The first-order valence-corrected chi connectivity index (χ1v) is 4.35. The molecule has 0 saturated carbocycles. The fourth-order valence-electron chi connectivity index (χ4n) is 1.09. The van der Waals surface area contributed by atoms with Crippen LogP contribution in [0, 0.1) is 0 Å². The lowest BCUT2D eigenvalue weighted by atomic mass is 10.3. The highest BCUT2D eigenvalue weighted by atomic mass is 16.5. The Kier molecular flexibility index (Phi) is 4.18. The molecule has 0 aliphatic heterocycles. The van der Waals surface area contributed by atoms with Crippen LogP contribution in [0.15, 0.2) is 23.3 Å². The largest absolute Gasteiger partial charge is 0.385 e. The molecule has 0 spiro atoms. The van der Waals surface area contributed by atoms with Crippen molar-refractivity contribution in [3.63, 3.8) is 0 Å². The summed E-state index contributed by atoms with van der Waals surface area (Å²) in [5.74, 6) is 0. The molecule has 4 nitrogen and oxygen atoms in total. The van der Waals surface area contributed by atoms with Crippen LogP contribution < -0.4 is 5.69 Å². The standard InChI is InChI=1S/C9H14N2O2/c1-13-8-3-2-6-11-7-4-5-10-9(11)12/h4-5,7H,2-3,6,8H2,1H3. The molecule has 1 rings (SSSR count). The fourth-order valence-corrected chi connectivity index (χ4v) is 1.09. The van der Waals surface area contributed by atoms with Gasteiger partial charge >= 0.3 is 5.69 Å². The van der Waals surface area contributed by atoms with Crippen molar-refractivity contribution < 1.29 is 4.74 Å². The number of methoxy groups -OCH3 is 1. The molecule has 1 heterocycles. The van der Waals surface area contributed by atoms with Crippen LogP contribution in [-0.2, 0) is 11.3 Å². The third kappa shape index (κ3) is 3.38. The highest BCUT2D eigenvalue weighted by molar-refractivity contribution is 4.80. The van der Waals surface area contributed by atoms with E-state index >= 15 is 0 Å². The Labute approximate surface area is 77.2 Å². The van der Waals surface area contributed by atoms with E-state index in [9.17, 15) is 4.79 Å². The fraction of sp³-hybridized carbons (Fsp3) is 0.556. The van der Waals surface area contributed by atoms with Gasteiger partial charge < -0.3 is 4.74 Å². The maximum absolute atomic E-state index is 11.1. The minimum atomic E-state index is -0.181. The predicted octanol–water partition coefficient (Wildman–Crippen LogP) is 0.670. The molecule has 1 aromatic rings. The minimum Gasteiger partial charge on any atom is -0.385 e. The molecule has 0 N–H and O–H groups in total. The molecule has 0 amide bonds. The van der Waals surface area contributed by atoms with Gasteiger partial charge in [0, 0.05) is 32.7 Å². The number of hydrogen-bond acceptors (Lipinski definition) is 3. The van der Waals surface area contributed by atoms with Gasteiger partial charge in [-0.25, -0.2) is 9.78 Å². The third-order valence-corrected chi connectivity index (χ3v) is 1.78. The van der Waals surface area contributed by atoms with Crippen LogP contribution in [0.4, 0.5) is 0 Å². The van der Waals surface area contributed by atoms with Gasteiger partial charge in [0.25, 0.3) is 0 Å². The number of unbranched alkanes of at least 4 members (excludes halogenated alkanes) is 1. The van der Waals surface area contributed by atoms with Crippen LogP contribution in [0.3, 0.4) is 0 Å². The van der Waals surface area contributed by atoms with Crippen molar-refractivity contribution in [2.24, 2.45) is 0 Å². The first kappa shape index (κ1) is 9.92. The van der Waals surface area contributed by atoms with Gasteiger partial charge in [0.05, 0.1) is 0 Å². The molecule has 0 fully saturated rings. The first-order chi connectivity index (χ1) is 6.34. The molecule has 0 aliphatic carbocycles. The zero-order valence-electron chi connectivity index (χ0n) is 7.77. The van der Waals surface area contributed by atoms with Crippen LogP contribution in [0.1, 0.15) is 12.8 Å². The van der Waals surface area contributed by atoms with E-state index in [1.807, 2.05) is 0 Å². The van der Waals surface area contributed by atoms with E-state index in [0.29, 0.717) is 0 Å². The van der Waals surface area contributed by atoms with E-state index in [2.05, 4.69) is 4.98 Å². The van der Waals surface area contributed by atoms with Crippen molar-refractivity contribution in [3.8, 4) is 0 Å². The normalized spacial score (nSPS) is 10.2. The van der Waals surface area contributed by atoms with Gasteiger partial charge in [0.2, 0.25) is 0 Å². The van der Waals surface area contributed by atoms with E-state index in [4.69, 9.17) is 4.74 Å². The van der Waals surface area contributed by atoms with E-state index in [0.717, 1.165) is 26.0 Å². The van der Waals surface area contributed by atoms with Crippen LogP contribution >= 0.6 is 0 Å².